The molecule has 74 valence electrons. The van der Waals surface area contributed by atoms with E-state index in [9.17, 15) is 0 Å². The van der Waals surface area contributed by atoms with E-state index in [1.807, 2.05) is 6.20 Å². The molecule has 0 spiro atoms. The largest absolute Gasteiger partial charge is 0.320 e. The van der Waals surface area contributed by atoms with Crippen molar-refractivity contribution in [2.45, 2.75) is 40.2 Å². The van der Waals surface area contributed by atoms with Crippen LogP contribution in [0.5, 0.6) is 0 Å². The SMILES string of the molecule is CC(C)Cc1cnc(Br)n1C(C)C. The van der Waals surface area contributed by atoms with Gasteiger partial charge in [0.05, 0.1) is 0 Å². The van der Waals surface area contributed by atoms with Gasteiger partial charge in [-0.05, 0) is 42.1 Å². The Morgan fingerprint density at radius 3 is 2.46 bits per heavy atom. The molecule has 0 unspecified atom stereocenters. The van der Waals surface area contributed by atoms with Gasteiger partial charge in [-0.3, -0.25) is 0 Å². The minimum absolute atomic E-state index is 0.477. The average molecular weight is 245 g/mol. The van der Waals surface area contributed by atoms with Crippen molar-refractivity contribution in [3.8, 4) is 0 Å². The molecule has 1 heterocycles. The summed E-state index contributed by atoms with van der Waals surface area (Å²) in [5.74, 6) is 0.682. The van der Waals surface area contributed by atoms with Gasteiger partial charge >= 0.3 is 0 Å². The van der Waals surface area contributed by atoms with E-state index in [0.717, 1.165) is 11.2 Å². The number of aromatic nitrogens is 2. The molecule has 0 amide bonds. The van der Waals surface area contributed by atoms with E-state index in [0.29, 0.717) is 12.0 Å². The molecular weight excluding hydrogens is 228 g/mol. The first-order valence-electron chi connectivity index (χ1n) is 4.74. The Morgan fingerprint density at radius 2 is 2.00 bits per heavy atom. The van der Waals surface area contributed by atoms with Gasteiger partial charge in [0, 0.05) is 17.9 Å². The summed E-state index contributed by atoms with van der Waals surface area (Å²) < 4.78 is 3.18. The minimum atomic E-state index is 0.477. The van der Waals surface area contributed by atoms with Crippen LogP contribution in [0.4, 0.5) is 0 Å². The van der Waals surface area contributed by atoms with Crippen molar-refractivity contribution >= 4 is 15.9 Å². The van der Waals surface area contributed by atoms with Crippen molar-refractivity contribution in [3.63, 3.8) is 0 Å². The standard InChI is InChI=1S/C10H17BrN2/c1-7(2)5-9-6-12-10(11)13(9)8(3)4/h6-8H,5H2,1-4H3. The number of nitrogens with zero attached hydrogens (tertiary/aromatic N) is 2. The van der Waals surface area contributed by atoms with Crippen molar-refractivity contribution in [1.82, 2.24) is 9.55 Å². The zero-order valence-corrected chi connectivity index (χ0v) is 10.3. The van der Waals surface area contributed by atoms with Crippen LogP contribution in [0.25, 0.3) is 0 Å². The summed E-state index contributed by atoms with van der Waals surface area (Å²) in [6.07, 6.45) is 3.06. The lowest BCUT2D eigenvalue weighted by atomic mass is 10.1. The Bertz CT molecular complexity index is 276. The van der Waals surface area contributed by atoms with E-state index in [-0.39, 0.29) is 0 Å². The summed E-state index contributed by atoms with van der Waals surface area (Å²) in [4.78, 5) is 4.27. The molecule has 0 aliphatic rings. The summed E-state index contributed by atoms with van der Waals surface area (Å²) in [6, 6.07) is 0.477. The number of hydrogen-bond acceptors (Lipinski definition) is 1. The van der Waals surface area contributed by atoms with Gasteiger partial charge in [-0.1, -0.05) is 13.8 Å². The molecule has 0 radical (unpaired) electrons. The Hall–Kier alpha value is -0.310. The van der Waals surface area contributed by atoms with Gasteiger partial charge in [0.15, 0.2) is 4.73 Å². The summed E-state index contributed by atoms with van der Waals surface area (Å²) in [5, 5.41) is 0. The van der Waals surface area contributed by atoms with Crippen molar-refractivity contribution in [2.24, 2.45) is 5.92 Å². The highest BCUT2D eigenvalue weighted by Gasteiger charge is 2.11. The molecule has 2 nitrogen and oxygen atoms in total. The van der Waals surface area contributed by atoms with E-state index >= 15 is 0 Å². The Kier molecular flexibility index (Phi) is 3.54. The third-order valence-corrected chi connectivity index (χ3v) is 2.55. The van der Waals surface area contributed by atoms with E-state index in [1.165, 1.54) is 5.69 Å². The lowest BCUT2D eigenvalue weighted by molar-refractivity contribution is 0.530. The molecule has 0 bridgehead atoms. The number of imidazole rings is 1. The second kappa shape index (κ2) is 4.27. The summed E-state index contributed by atoms with van der Waals surface area (Å²) >= 11 is 3.46. The quantitative estimate of drug-likeness (QED) is 0.797. The maximum atomic E-state index is 4.27. The zero-order chi connectivity index (χ0) is 10.0. The maximum Gasteiger partial charge on any atom is 0.177 e. The zero-order valence-electron chi connectivity index (χ0n) is 8.71. The molecule has 0 aliphatic heterocycles. The van der Waals surface area contributed by atoms with Crippen LogP contribution in [-0.4, -0.2) is 9.55 Å². The Labute approximate surface area is 88.5 Å². The lowest BCUT2D eigenvalue weighted by Gasteiger charge is -2.14. The van der Waals surface area contributed by atoms with Gasteiger partial charge in [-0.2, -0.15) is 0 Å². The molecule has 13 heavy (non-hydrogen) atoms. The first-order chi connectivity index (χ1) is 6.02. The van der Waals surface area contributed by atoms with Crippen LogP contribution in [0.3, 0.4) is 0 Å². The third kappa shape index (κ3) is 2.56. The second-order valence-electron chi connectivity index (χ2n) is 4.08. The van der Waals surface area contributed by atoms with E-state index in [2.05, 4.69) is 53.2 Å². The van der Waals surface area contributed by atoms with Crippen LogP contribution >= 0.6 is 15.9 Å². The average Bonchev–Trinajstić information content (AvgIpc) is 2.30. The first-order valence-corrected chi connectivity index (χ1v) is 5.53. The molecule has 0 atom stereocenters. The molecule has 0 saturated carbocycles. The predicted octanol–water partition coefficient (Wildman–Crippen LogP) is 3.43. The summed E-state index contributed by atoms with van der Waals surface area (Å²) in [7, 11) is 0. The van der Waals surface area contributed by atoms with Gasteiger partial charge in [0.1, 0.15) is 0 Å². The first kappa shape index (κ1) is 10.8. The van der Waals surface area contributed by atoms with Crippen LogP contribution in [0.1, 0.15) is 39.4 Å². The van der Waals surface area contributed by atoms with Crippen molar-refractivity contribution in [2.75, 3.05) is 0 Å². The van der Waals surface area contributed by atoms with Crippen molar-refractivity contribution in [3.05, 3.63) is 16.6 Å². The van der Waals surface area contributed by atoms with E-state index < -0.39 is 0 Å². The molecule has 1 rings (SSSR count). The molecular formula is C10H17BrN2. The predicted molar refractivity (Wildman–Crippen MR) is 58.9 cm³/mol. The van der Waals surface area contributed by atoms with Crippen LogP contribution in [-0.2, 0) is 6.42 Å². The van der Waals surface area contributed by atoms with Gasteiger partial charge in [-0.25, -0.2) is 4.98 Å². The monoisotopic (exact) mass is 244 g/mol. The Morgan fingerprint density at radius 1 is 1.38 bits per heavy atom. The van der Waals surface area contributed by atoms with Gasteiger partial charge in [0.2, 0.25) is 0 Å². The molecule has 0 aliphatic carbocycles. The molecule has 0 fully saturated rings. The topological polar surface area (TPSA) is 17.8 Å². The molecule has 0 saturated heterocycles. The highest BCUT2D eigenvalue weighted by atomic mass is 79.9. The lowest BCUT2D eigenvalue weighted by Crippen LogP contribution is -2.08. The van der Waals surface area contributed by atoms with Crippen LogP contribution in [0.15, 0.2) is 10.9 Å². The number of rotatable bonds is 3. The molecule has 1 aromatic rings. The highest BCUT2D eigenvalue weighted by molar-refractivity contribution is 9.10. The van der Waals surface area contributed by atoms with E-state index in [1.54, 1.807) is 0 Å². The second-order valence-corrected chi connectivity index (χ2v) is 4.79. The fourth-order valence-corrected chi connectivity index (χ4v) is 2.22. The normalized spacial score (nSPS) is 11.6. The Balaban J connectivity index is 2.94. The minimum Gasteiger partial charge on any atom is -0.320 e. The smallest absolute Gasteiger partial charge is 0.177 e. The molecule has 0 aromatic carbocycles. The maximum absolute atomic E-state index is 4.27. The van der Waals surface area contributed by atoms with Crippen molar-refractivity contribution in [1.29, 1.82) is 0 Å². The molecule has 3 heteroatoms. The van der Waals surface area contributed by atoms with Crippen molar-refractivity contribution < 1.29 is 0 Å². The van der Waals surface area contributed by atoms with Gasteiger partial charge in [0.25, 0.3) is 0 Å². The summed E-state index contributed by atoms with van der Waals surface area (Å²) in [6.45, 7) is 8.81. The number of halogens is 1. The molecule has 0 N–H and O–H groups in total. The van der Waals surface area contributed by atoms with E-state index in [4.69, 9.17) is 0 Å². The fraction of sp³-hybridized carbons (Fsp3) is 0.700. The van der Waals surface area contributed by atoms with Crippen LogP contribution in [0, 0.1) is 5.92 Å². The number of hydrogen-bond donors (Lipinski definition) is 0. The van der Waals surface area contributed by atoms with Crippen LogP contribution in [0.2, 0.25) is 0 Å². The van der Waals surface area contributed by atoms with Crippen LogP contribution < -0.4 is 0 Å². The highest BCUT2D eigenvalue weighted by Crippen LogP contribution is 2.20. The fourth-order valence-electron chi connectivity index (χ4n) is 1.48. The molecule has 1 aromatic heterocycles. The summed E-state index contributed by atoms with van der Waals surface area (Å²) in [5.41, 5.74) is 1.32. The van der Waals surface area contributed by atoms with Gasteiger partial charge in [-0.15, -0.1) is 0 Å². The third-order valence-electron chi connectivity index (χ3n) is 1.96. The van der Waals surface area contributed by atoms with Gasteiger partial charge < -0.3 is 4.57 Å².